The van der Waals surface area contributed by atoms with E-state index in [9.17, 15) is 21.6 Å². The molecule has 106 valence electrons. The van der Waals surface area contributed by atoms with Gasteiger partial charge in [0.2, 0.25) is 0 Å². The maximum Gasteiger partial charge on any atom is 0.418 e. The Morgan fingerprint density at radius 2 is 2.00 bits per heavy atom. The molecule has 1 fully saturated rings. The lowest BCUT2D eigenvalue weighted by Crippen LogP contribution is -2.20. The molecule has 0 saturated carbocycles. The van der Waals surface area contributed by atoms with Crippen molar-refractivity contribution in [1.29, 1.82) is 0 Å². The van der Waals surface area contributed by atoms with Crippen LogP contribution in [0.1, 0.15) is 24.0 Å². The van der Waals surface area contributed by atoms with Gasteiger partial charge in [-0.05, 0) is 30.9 Å². The highest BCUT2D eigenvalue weighted by atomic mass is 32.2. The molecule has 2 rings (SSSR count). The van der Waals surface area contributed by atoms with Gasteiger partial charge in [-0.15, -0.1) is 0 Å². The first kappa shape index (κ1) is 14.2. The van der Waals surface area contributed by atoms with Gasteiger partial charge >= 0.3 is 6.18 Å². The van der Waals surface area contributed by atoms with Gasteiger partial charge in [0.15, 0.2) is 9.84 Å². The zero-order valence-electron chi connectivity index (χ0n) is 10.1. The zero-order chi connectivity index (χ0) is 14.3. The fourth-order valence-electron chi connectivity index (χ4n) is 2.37. The van der Waals surface area contributed by atoms with Crippen LogP contribution >= 0.6 is 0 Å². The zero-order valence-corrected chi connectivity index (χ0v) is 10.9. The Morgan fingerprint density at radius 1 is 1.32 bits per heavy atom. The number of nitrogens with two attached hydrogens (primary N) is 1. The lowest BCUT2D eigenvalue weighted by molar-refractivity contribution is -0.136. The van der Waals surface area contributed by atoms with Gasteiger partial charge in [-0.25, -0.2) is 8.42 Å². The van der Waals surface area contributed by atoms with Crippen LogP contribution in [0.3, 0.4) is 0 Å². The summed E-state index contributed by atoms with van der Waals surface area (Å²) in [5, 5.41) is -0.613. The molecule has 7 heteroatoms. The van der Waals surface area contributed by atoms with E-state index in [0.717, 1.165) is 6.07 Å². The Morgan fingerprint density at radius 3 is 2.53 bits per heavy atom. The third-order valence-corrected chi connectivity index (χ3v) is 5.69. The van der Waals surface area contributed by atoms with Crippen LogP contribution in [0, 0.1) is 0 Å². The number of benzene rings is 1. The minimum Gasteiger partial charge on any atom is -0.398 e. The van der Waals surface area contributed by atoms with E-state index in [-0.39, 0.29) is 23.4 Å². The Labute approximate surface area is 109 Å². The van der Waals surface area contributed by atoms with Gasteiger partial charge in [-0.2, -0.15) is 13.2 Å². The topological polar surface area (TPSA) is 60.2 Å². The van der Waals surface area contributed by atoms with Crippen LogP contribution in [0.4, 0.5) is 18.9 Å². The molecule has 1 aromatic rings. The van der Waals surface area contributed by atoms with Crippen LogP contribution in [-0.2, 0) is 22.4 Å². The molecule has 1 heterocycles. The number of anilines is 1. The molecule has 1 aromatic carbocycles. The summed E-state index contributed by atoms with van der Waals surface area (Å²) in [4.78, 5) is 0. The highest BCUT2D eigenvalue weighted by Crippen LogP contribution is 2.36. The molecular formula is C12H14F3NO2S. The number of alkyl halides is 3. The minimum atomic E-state index is -4.52. The molecule has 2 N–H and O–H groups in total. The van der Waals surface area contributed by atoms with E-state index < -0.39 is 26.8 Å². The first-order valence-corrected chi connectivity index (χ1v) is 7.59. The van der Waals surface area contributed by atoms with Crippen molar-refractivity contribution in [2.24, 2.45) is 0 Å². The molecule has 1 aliphatic heterocycles. The first-order valence-electron chi connectivity index (χ1n) is 5.88. The van der Waals surface area contributed by atoms with E-state index >= 15 is 0 Å². The van der Waals surface area contributed by atoms with Crippen molar-refractivity contribution in [1.82, 2.24) is 0 Å². The van der Waals surface area contributed by atoms with Crippen LogP contribution < -0.4 is 5.73 Å². The molecule has 0 bridgehead atoms. The molecule has 3 nitrogen and oxygen atoms in total. The molecule has 1 unspecified atom stereocenters. The maximum absolute atomic E-state index is 12.7. The predicted molar refractivity (Wildman–Crippen MR) is 66.4 cm³/mol. The molecule has 0 aromatic heterocycles. The quantitative estimate of drug-likeness (QED) is 0.852. The van der Waals surface area contributed by atoms with Gasteiger partial charge in [0.05, 0.1) is 16.6 Å². The summed E-state index contributed by atoms with van der Waals surface area (Å²) in [5.74, 6) is 0.108. The molecule has 0 aliphatic carbocycles. The Kier molecular flexibility index (Phi) is 3.51. The second kappa shape index (κ2) is 4.70. The van der Waals surface area contributed by atoms with E-state index in [1.807, 2.05) is 0 Å². The second-order valence-corrected chi connectivity index (χ2v) is 7.11. The summed E-state index contributed by atoms with van der Waals surface area (Å²) < 4.78 is 61.5. The van der Waals surface area contributed by atoms with Gasteiger partial charge < -0.3 is 5.73 Å². The van der Waals surface area contributed by atoms with E-state index in [0.29, 0.717) is 12.8 Å². The predicted octanol–water partition coefficient (Wildman–Crippen LogP) is 2.41. The van der Waals surface area contributed by atoms with E-state index in [2.05, 4.69) is 0 Å². The number of nitrogen functional groups attached to an aromatic ring is 1. The summed E-state index contributed by atoms with van der Waals surface area (Å²) in [6.07, 6.45) is -3.42. The van der Waals surface area contributed by atoms with Crippen molar-refractivity contribution in [3.8, 4) is 0 Å². The molecule has 1 atom stereocenters. The van der Waals surface area contributed by atoms with Crippen molar-refractivity contribution in [2.75, 3.05) is 11.5 Å². The average Bonchev–Trinajstić information content (AvgIpc) is 2.59. The van der Waals surface area contributed by atoms with Crippen molar-refractivity contribution >= 4 is 15.5 Å². The molecule has 19 heavy (non-hydrogen) atoms. The Hall–Kier alpha value is -1.24. The van der Waals surface area contributed by atoms with Crippen molar-refractivity contribution in [3.63, 3.8) is 0 Å². The highest BCUT2D eigenvalue weighted by molar-refractivity contribution is 7.92. The largest absolute Gasteiger partial charge is 0.418 e. The summed E-state index contributed by atoms with van der Waals surface area (Å²) in [7, 11) is -3.19. The molecule has 0 spiro atoms. The number of sulfone groups is 1. The summed E-state index contributed by atoms with van der Waals surface area (Å²) in [6.45, 7) is 0. The van der Waals surface area contributed by atoms with Crippen molar-refractivity contribution in [3.05, 3.63) is 29.3 Å². The summed E-state index contributed by atoms with van der Waals surface area (Å²) in [5.41, 5.74) is 4.51. The van der Waals surface area contributed by atoms with Crippen LogP contribution in [0.25, 0.3) is 0 Å². The molecule has 1 aliphatic rings. The minimum absolute atomic E-state index is 0.0537. The fraction of sp³-hybridized carbons (Fsp3) is 0.500. The van der Waals surface area contributed by atoms with E-state index in [1.54, 1.807) is 0 Å². The standard InChI is InChI=1S/C12H14F3NO2S/c13-12(14,15)10-5-1-3-8(11(10)16)7-9-4-2-6-19(9,17)18/h1,3,5,9H,2,4,6-7,16H2. The fourth-order valence-corrected chi connectivity index (χ4v) is 4.23. The maximum atomic E-state index is 12.7. The van der Waals surface area contributed by atoms with Crippen LogP contribution in [0.5, 0.6) is 0 Å². The highest BCUT2D eigenvalue weighted by Gasteiger charge is 2.35. The number of para-hydroxylation sites is 1. The molecule has 0 amide bonds. The Bertz CT molecular complexity index is 581. The van der Waals surface area contributed by atoms with Gasteiger partial charge in [0.1, 0.15) is 0 Å². The number of hydrogen-bond acceptors (Lipinski definition) is 3. The Balaban J connectivity index is 2.32. The van der Waals surface area contributed by atoms with Crippen molar-refractivity contribution < 1.29 is 21.6 Å². The number of rotatable bonds is 2. The van der Waals surface area contributed by atoms with Crippen LogP contribution in [-0.4, -0.2) is 19.4 Å². The normalized spacial score (nSPS) is 22.6. The molecule has 0 radical (unpaired) electrons. The smallest absolute Gasteiger partial charge is 0.398 e. The van der Waals surface area contributed by atoms with Crippen molar-refractivity contribution in [2.45, 2.75) is 30.7 Å². The summed E-state index contributed by atoms with van der Waals surface area (Å²) in [6, 6.07) is 3.62. The number of halogens is 3. The molecule has 1 saturated heterocycles. The molecular weight excluding hydrogens is 279 g/mol. The lowest BCUT2D eigenvalue weighted by Gasteiger charge is -2.15. The SMILES string of the molecule is Nc1c(CC2CCCS2(=O)=O)cccc1C(F)(F)F. The van der Waals surface area contributed by atoms with Gasteiger partial charge in [0, 0.05) is 5.69 Å². The van der Waals surface area contributed by atoms with Gasteiger partial charge in [-0.3, -0.25) is 0 Å². The third-order valence-electron chi connectivity index (χ3n) is 3.41. The van der Waals surface area contributed by atoms with Gasteiger partial charge in [0.25, 0.3) is 0 Å². The van der Waals surface area contributed by atoms with E-state index in [4.69, 9.17) is 5.73 Å². The number of hydrogen-bond donors (Lipinski definition) is 1. The lowest BCUT2D eigenvalue weighted by atomic mass is 10.0. The summed E-state index contributed by atoms with van der Waals surface area (Å²) >= 11 is 0. The average molecular weight is 293 g/mol. The first-order chi connectivity index (χ1) is 8.72. The van der Waals surface area contributed by atoms with E-state index in [1.165, 1.54) is 12.1 Å². The third kappa shape index (κ3) is 2.86. The van der Waals surface area contributed by atoms with Crippen LogP contribution in [0.15, 0.2) is 18.2 Å². The second-order valence-electron chi connectivity index (χ2n) is 4.71. The van der Waals surface area contributed by atoms with Crippen LogP contribution in [0.2, 0.25) is 0 Å². The van der Waals surface area contributed by atoms with Gasteiger partial charge in [-0.1, -0.05) is 12.1 Å². The monoisotopic (exact) mass is 293 g/mol.